The van der Waals surface area contributed by atoms with Crippen LogP contribution in [0.15, 0.2) is 58.0 Å². The second-order valence-electron chi connectivity index (χ2n) is 6.16. The molecule has 0 aliphatic rings. The van der Waals surface area contributed by atoms with Crippen LogP contribution in [-0.4, -0.2) is 17.0 Å². The van der Waals surface area contributed by atoms with Crippen molar-refractivity contribution in [3.63, 3.8) is 0 Å². The molecule has 0 amide bonds. The maximum absolute atomic E-state index is 11.8. The summed E-state index contributed by atoms with van der Waals surface area (Å²) in [6.45, 7) is 4.09. The standard InChI is InChI=1S/C22H19BrN2O2S/c1-3-27-21(26)9-8-19-22(28-14-16-4-6-17(23)7-5-16)18(13-24)20-12-15(2)10-11-25(19)20/h4-12H,3,14H2,1-2H3/b9-8+. The van der Waals surface area contributed by atoms with Crippen LogP contribution < -0.4 is 0 Å². The first-order valence-electron chi connectivity index (χ1n) is 8.80. The number of carbonyl (C=O) groups excluding carboxylic acids is 1. The molecule has 0 saturated carbocycles. The third kappa shape index (κ3) is 4.49. The van der Waals surface area contributed by atoms with E-state index >= 15 is 0 Å². The summed E-state index contributed by atoms with van der Waals surface area (Å²) < 4.78 is 7.98. The molecule has 0 aliphatic heterocycles. The Bertz CT molecular complexity index is 1080. The zero-order chi connectivity index (χ0) is 20.1. The number of nitrogens with zero attached hydrogens (tertiary/aromatic N) is 2. The van der Waals surface area contributed by atoms with E-state index in [0.717, 1.165) is 37.5 Å². The summed E-state index contributed by atoms with van der Waals surface area (Å²) >= 11 is 5.04. The molecule has 2 aromatic heterocycles. The van der Waals surface area contributed by atoms with Gasteiger partial charge in [-0.2, -0.15) is 5.26 Å². The van der Waals surface area contributed by atoms with E-state index in [4.69, 9.17) is 4.74 Å². The van der Waals surface area contributed by atoms with Crippen LogP contribution in [0.25, 0.3) is 11.6 Å². The molecule has 6 heteroatoms. The fraction of sp³-hybridized carbons (Fsp3) is 0.182. The number of rotatable bonds is 6. The molecular weight excluding hydrogens is 436 g/mol. The zero-order valence-electron chi connectivity index (χ0n) is 15.6. The maximum atomic E-state index is 11.8. The molecule has 0 aliphatic carbocycles. The van der Waals surface area contributed by atoms with E-state index < -0.39 is 5.97 Å². The van der Waals surface area contributed by atoms with E-state index in [0.29, 0.717) is 12.2 Å². The molecule has 1 aromatic carbocycles. The molecule has 142 valence electrons. The smallest absolute Gasteiger partial charge is 0.330 e. The van der Waals surface area contributed by atoms with Gasteiger partial charge in [0.05, 0.1) is 28.3 Å². The Morgan fingerprint density at radius 2 is 2.07 bits per heavy atom. The highest BCUT2D eigenvalue weighted by Crippen LogP contribution is 2.35. The topological polar surface area (TPSA) is 54.5 Å². The van der Waals surface area contributed by atoms with Gasteiger partial charge in [-0.15, -0.1) is 11.8 Å². The molecule has 0 saturated heterocycles. The normalized spacial score (nSPS) is 11.1. The lowest BCUT2D eigenvalue weighted by molar-refractivity contribution is -0.137. The van der Waals surface area contributed by atoms with Crippen LogP contribution in [0.5, 0.6) is 0 Å². The molecule has 4 nitrogen and oxygen atoms in total. The average molecular weight is 455 g/mol. The van der Waals surface area contributed by atoms with Crippen molar-refractivity contribution in [2.45, 2.75) is 24.5 Å². The Morgan fingerprint density at radius 1 is 1.32 bits per heavy atom. The summed E-state index contributed by atoms with van der Waals surface area (Å²) in [6, 6.07) is 14.4. The molecule has 2 heterocycles. The summed E-state index contributed by atoms with van der Waals surface area (Å²) in [5.41, 5.74) is 4.50. The highest BCUT2D eigenvalue weighted by molar-refractivity contribution is 9.10. The zero-order valence-corrected chi connectivity index (χ0v) is 18.0. The summed E-state index contributed by atoms with van der Waals surface area (Å²) in [5, 5.41) is 9.82. The van der Waals surface area contributed by atoms with Gasteiger partial charge in [-0.25, -0.2) is 4.79 Å². The number of benzene rings is 1. The predicted octanol–water partition coefficient (Wildman–Crippen LogP) is 5.75. The first-order chi connectivity index (χ1) is 13.5. The Hall–Kier alpha value is -2.49. The SMILES string of the molecule is CCOC(=O)/C=C/c1c(SCc2ccc(Br)cc2)c(C#N)c2cc(C)ccn12. The van der Waals surface area contributed by atoms with E-state index in [1.54, 1.807) is 24.8 Å². The maximum Gasteiger partial charge on any atom is 0.330 e. The van der Waals surface area contributed by atoms with Gasteiger partial charge in [0.1, 0.15) is 6.07 Å². The Morgan fingerprint density at radius 3 is 2.75 bits per heavy atom. The van der Waals surface area contributed by atoms with E-state index in [2.05, 4.69) is 34.1 Å². The number of nitriles is 1. The van der Waals surface area contributed by atoms with Gasteiger partial charge in [-0.1, -0.05) is 28.1 Å². The van der Waals surface area contributed by atoms with Gasteiger partial charge >= 0.3 is 5.97 Å². The highest BCUT2D eigenvalue weighted by atomic mass is 79.9. The van der Waals surface area contributed by atoms with E-state index in [1.165, 1.54) is 6.08 Å². The number of thioether (sulfide) groups is 1. The van der Waals surface area contributed by atoms with Crippen LogP contribution in [-0.2, 0) is 15.3 Å². The van der Waals surface area contributed by atoms with Crippen molar-refractivity contribution < 1.29 is 9.53 Å². The lowest BCUT2D eigenvalue weighted by Gasteiger charge is -2.04. The quantitative estimate of drug-likeness (QED) is 0.270. The van der Waals surface area contributed by atoms with Crippen LogP contribution in [0, 0.1) is 18.3 Å². The second kappa shape index (κ2) is 9.13. The number of aromatic nitrogens is 1. The van der Waals surface area contributed by atoms with Crippen LogP contribution in [0.4, 0.5) is 0 Å². The average Bonchev–Trinajstić information content (AvgIpc) is 2.97. The number of hydrogen-bond donors (Lipinski definition) is 0. The molecule has 3 rings (SSSR count). The summed E-state index contributed by atoms with van der Waals surface area (Å²) in [4.78, 5) is 12.7. The lowest BCUT2D eigenvalue weighted by atomic mass is 10.2. The minimum Gasteiger partial charge on any atom is -0.463 e. The summed E-state index contributed by atoms with van der Waals surface area (Å²) in [5.74, 6) is 0.324. The number of halogens is 1. The van der Waals surface area contributed by atoms with Gasteiger partial charge < -0.3 is 9.14 Å². The third-order valence-corrected chi connectivity index (χ3v) is 5.87. The molecule has 0 bridgehead atoms. The van der Waals surface area contributed by atoms with Crippen molar-refractivity contribution >= 4 is 45.3 Å². The van der Waals surface area contributed by atoms with Crippen molar-refractivity contribution in [3.8, 4) is 6.07 Å². The van der Waals surface area contributed by atoms with Gasteiger partial charge in [0.15, 0.2) is 0 Å². The van der Waals surface area contributed by atoms with Gasteiger partial charge in [-0.3, -0.25) is 0 Å². The Labute approximate surface area is 176 Å². The van der Waals surface area contributed by atoms with Crippen LogP contribution >= 0.6 is 27.7 Å². The van der Waals surface area contributed by atoms with E-state index in [9.17, 15) is 10.1 Å². The van der Waals surface area contributed by atoms with Crippen molar-refractivity contribution in [2.24, 2.45) is 0 Å². The fourth-order valence-corrected chi connectivity index (χ4v) is 4.22. The molecule has 0 radical (unpaired) electrons. The molecule has 0 fully saturated rings. The van der Waals surface area contributed by atoms with Crippen molar-refractivity contribution in [1.29, 1.82) is 5.26 Å². The largest absolute Gasteiger partial charge is 0.463 e. The Kier molecular flexibility index (Phi) is 6.61. The minimum atomic E-state index is -0.396. The number of esters is 1. The van der Waals surface area contributed by atoms with E-state index in [1.807, 2.05) is 41.8 Å². The van der Waals surface area contributed by atoms with Crippen LogP contribution in [0.3, 0.4) is 0 Å². The first-order valence-corrected chi connectivity index (χ1v) is 10.6. The number of carbonyl (C=O) groups is 1. The van der Waals surface area contributed by atoms with Crippen LogP contribution in [0.1, 0.15) is 29.3 Å². The summed E-state index contributed by atoms with van der Waals surface area (Å²) in [6.07, 6.45) is 5.07. The van der Waals surface area contributed by atoms with Gasteiger partial charge in [-0.05, 0) is 55.3 Å². The monoisotopic (exact) mass is 454 g/mol. The highest BCUT2D eigenvalue weighted by Gasteiger charge is 2.17. The molecule has 3 aromatic rings. The second-order valence-corrected chi connectivity index (χ2v) is 8.06. The van der Waals surface area contributed by atoms with Crippen molar-refractivity contribution in [2.75, 3.05) is 6.61 Å². The van der Waals surface area contributed by atoms with Gasteiger partial charge in [0, 0.05) is 22.5 Å². The van der Waals surface area contributed by atoms with Gasteiger partial charge in [0.2, 0.25) is 0 Å². The first kappa shape index (κ1) is 20.2. The minimum absolute atomic E-state index is 0.325. The van der Waals surface area contributed by atoms with Crippen molar-refractivity contribution in [3.05, 3.63) is 75.5 Å². The molecule has 0 atom stereocenters. The number of pyridine rings is 1. The molecule has 0 N–H and O–H groups in total. The van der Waals surface area contributed by atoms with E-state index in [-0.39, 0.29) is 0 Å². The molecular formula is C22H19BrN2O2S. The summed E-state index contributed by atoms with van der Waals surface area (Å²) in [7, 11) is 0. The lowest BCUT2D eigenvalue weighted by Crippen LogP contribution is -1.99. The molecule has 0 spiro atoms. The molecule has 0 unspecified atom stereocenters. The fourth-order valence-electron chi connectivity index (χ4n) is 2.85. The number of aryl methyl sites for hydroxylation is 1. The Balaban J connectivity index is 2.04. The number of fused-ring (bicyclic) bond motifs is 1. The predicted molar refractivity (Wildman–Crippen MR) is 116 cm³/mol. The number of ether oxygens (including phenoxy) is 1. The molecule has 28 heavy (non-hydrogen) atoms. The third-order valence-electron chi connectivity index (χ3n) is 4.16. The number of hydrogen-bond acceptors (Lipinski definition) is 4. The van der Waals surface area contributed by atoms with Crippen LogP contribution in [0.2, 0.25) is 0 Å². The van der Waals surface area contributed by atoms with Gasteiger partial charge in [0.25, 0.3) is 0 Å². The van der Waals surface area contributed by atoms with Crippen molar-refractivity contribution in [1.82, 2.24) is 4.40 Å².